The van der Waals surface area contributed by atoms with Crippen LogP contribution in [0.1, 0.15) is 6.23 Å². The third-order valence-electron chi connectivity index (χ3n) is 4.36. The molecule has 4 atom stereocenters. The fourth-order valence-corrected chi connectivity index (χ4v) is 3.50. The quantitative estimate of drug-likeness (QED) is 0.528. The summed E-state index contributed by atoms with van der Waals surface area (Å²) in [5, 5.41) is 31.4. The highest BCUT2D eigenvalue weighted by Crippen LogP contribution is 2.40. The van der Waals surface area contributed by atoms with Crippen molar-refractivity contribution < 1.29 is 20.1 Å². The van der Waals surface area contributed by atoms with Gasteiger partial charge in [0, 0.05) is 5.39 Å². The average Bonchev–Trinajstić information content (AvgIpc) is 3.05. The number of ether oxygens (including phenoxy) is 1. The number of nitrogen functional groups attached to an aromatic ring is 1. The first-order valence-electron chi connectivity index (χ1n) is 7.35. The third-order valence-corrected chi connectivity index (χ3v) is 4.67. The van der Waals surface area contributed by atoms with Crippen LogP contribution in [0.5, 0.6) is 0 Å². The van der Waals surface area contributed by atoms with Crippen molar-refractivity contribution in [3.63, 3.8) is 0 Å². The van der Waals surface area contributed by atoms with Gasteiger partial charge in [0.2, 0.25) is 0 Å². The second-order valence-corrected chi connectivity index (χ2v) is 6.10. The van der Waals surface area contributed by atoms with Crippen LogP contribution in [0.25, 0.3) is 21.9 Å². The van der Waals surface area contributed by atoms with Gasteiger partial charge >= 0.3 is 0 Å². The normalized spacial score (nSPS) is 27.3. The molecule has 0 unspecified atom stereocenters. The maximum absolute atomic E-state index is 10.4. The monoisotopic (exact) mass is 350 g/mol. The highest BCUT2D eigenvalue weighted by Gasteiger charge is 2.44. The summed E-state index contributed by atoms with van der Waals surface area (Å²) >= 11 is 6.33. The van der Waals surface area contributed by atoms with E-state index in [1.54, 1.807) is 22.8 Å². The van der Waals surface area contributed by atoms with Crippen LogP contribution >= 0.6 is 11.6 Å². The molecule has 126 valence electrons. The van der Waals surface area contributed by atoms with Crippen molar-refractivity contribution in [2.75, 3.05) is 12.3 Å². The number of halogens is 1. The maximum Gasteiger partial charge on any atom is 0.165 e. The Labute approximate surface area is 141 Å². The molecule has 5 N–H and O–H groups in total. The van der Waals surface area contributed by atoms with Gasteiger partial charge in [-0.15, -0.1) is 0 Å². The summed E-state index contributed by atoms with van der Waals surface area (Å²) in [7, 11) is 0. The predicted octanol–water partition coefficient (Wildman–Crippen LogP) is 0.432. The Kier molecular flexibility index (Phi) is 3.59. The van der Waals surface area contributed by atoms with Crippen LogP contribution in [0.2, 0.25) is 5.02 Å². The Morgan fingerprint density at radius 3 is 2.71 bits per heavy atom. The van der Waals surface area contributed by atoms with Gasteiger partial charge in [-0.05, 0) is 12.1 Å². The molecule has 9 heteroatoms. The molecule has 2 aromatic heterocycles. The van der Waals surface area contributed by atoms with Crippen LogP contribution in [0.3, 0.4) is 0 Å². The van der Waals surface area contributed by atoms with Crippen LogP contribution in [0, 0.1) is 0 Å². The Morgan fingerprint density at radius 2 is 2.00 bits per heavy atom. The fraction of sp³-hybridized carbons (Fsp3) is 0.333. The number of rotatable bonds is 2. The zero-order chi connectivity index (χ0) is 17.0. The van der Waals surface area contributed by atoms with Gasteiger partial charge in [-0.25, -0.2) is 9.97 Å². The zero-order valence-electron chi connectivity index (χ0n) is 12.4. The first-order valence-corrected chi connectivity index (χ1v) is 7.73. The van der Waals surface area contributed by atoms with E-state index >= 15 is 0 Å². The number of aliphatic hydroxyl groups excluding tert-OH is 3. The second kappa shape index (κ2) is 5.54. The van der Waals surface area contributed by atoms with E-state index in [9.17, 15) is 15.3 Å². The summed E-state index contributed by atoms with van der Waals surface area (Å²) < 4.78 is 7.27. The number of anilines is 1. The van der Waals surface area contributed by atoms with E-state index in [0.29, 0.717) is 27.0 Å². The van der Waals surface area contributed by atoms with Gasteiger partial charge in [-0.2, -0.15) is 0 Å². The van der Waals surface area contributed by atoms with Crippen LogP contribution in [0.15, 0.2) is 24.5 Å². The molecule has 3 aromatic rings. The lowest BCUT2D eigenvalue weighted by Crippen LogP contribution is -2.33. The summed E-state index contributed by atoms with van der Waals surface area (Å²) in [6.45, 7) is -0.413. The molecular formula is C15H15ClN4O4. The Morgan fingerprint density at radius 1 is 1.21 bits per heavy atom. The minimum Gasteiger partial charge on any atom is -0.394 e. The van der Waals surface area contributed by atoms with Gasteiger partial charge in [-0.1, -0.05) is 17.7 Å². The molecule has 3 heterocycles. The molecule has 1 aromatic carbocycles. The smallest absolute Gasteiger partial charge is 0.165 e. The van der Waals surface area contributed by atoms with Crippen molar-refractivity contribution in [2.45, 2.75) is 24.5 Å². The molecule has 0 spiro atoms. The van der Waals surface area contributed by atoms with E-state index in [-0.39, 0.29) is 5.82 Å². The predicted molar refractivity (Wildman–Crippen MR) is 87.5 cm³/mol. The van der Waals surface area contributed by atoms with Gasteiger partial charge in [0.05, 0.1) is 22.5 Å². The van der Waals surface area contributed by atoms with Crippen LogP contribution in [0.4, 0.5) is 5.82 Å². The number of nitrogens with zero attached hydrogens (tertiary/aromatic N) is 3. The van der Waals surface area contributed by atoms with Crippen molar-refractivity contribution in [3.05, 3.63) is 29.5 Å². The lowest BCUT2D eigenvalue weighted by Gasteiger charge is -2.18. The van der Waals surface area contributed by atoms with Crippen molar-refractivity contribution in [3.8, 4) is 0 Å². The van der Waals surface area contributed by atoms with E-state index in [2.05, 4.69) is 9.97 Å². The average molecular weight is 351 g/mol. The molecule has 1 aliphatic rings. The van der Waals surface area contributed by atoms with Crippen LogP contribution in [-0.4, -0.2) is 54.8 Å². The number of hydrogen-bond acceptors (Lipinski definition) is 7. The molecule has 1 saturated heterocycles. The molecule has 8 nitrogen and oxygen atoms in total. The third kappa shape index (κ3) is 2.01. The highest BCUT2D eigenvalue weighted by atomic mass is 35.5. The van der Waals surface area contributed by atoms with Crippen molar-refractivity contribution >= 4 is 39.4 Å². The van der Waals surface area contributed by atoms with Gasteiger partial charge in [-0.3, -0.25) is 4.57 Å². The first kappa shape index (κ1) is 15.6. The Balaban J connectivity index is 2.05. The summed E-state index contributed by atoms with van der Waals surface area (Å²) in [6, 6.07) is 5.26. The molecule has 0 bridgehead atoms. The minimum absolute atomic E-state index is 0.253. The summed E-state index contributed by atoms with van der Waals surface area (Å²) in [5.74, 6) is 0.253. The van der Waals surface area contributed by atoms with E-state index in [4.69, 9.17) is 22.1 Å². The molecule has 0 radical (unpaired) electrons. The minimum atomic E-state index is -1.24. The van der Waals surface area contributed by atoms with Crippen LogP contribution in [-0.2, 0) is 4.74 Å². The van der Waals surface area contributed by atoms with Gasteiger partial charge in [0.15, 0.2) is 6.23 Å². The lowest BCUT2D eigenvalue weighted by molar-refractivity contribution is -0.0489. The van der Waals surface area contributed by atoms with Gasteiger partial charge in [0.25, 0.3) is 0 Å². The molecule has 24 heavy (non-hydrogen) atoms. The molecule has 0 aliphatic carbocycles. The van der Waals surface area contributed by atoms with E-state index in [0.717, 1.165) is 0 Å². The summed E-state index contributed by atoms with van der Waals surface area (Å²) in [4.78, 5) is 8.26. The second-order valence-electron chi connectivity index (χ2n) is 5.69. The zero-order valence-corrected chi connectivity index (χ0v) is 13.1. The number of aromatic nitrogens is 3. The standard InChI is InChI=1S/C15H15ClN4O4/c16-6-2-1-3-7-9(6)10-13(17)18-5-19-14(10)20(7)15-12(23)11(22)8(4-21)24-15/h1-3,5,8,11-12,15,21-23H,4H2,(H2,17,18,19)/t8-,11-,12-,15-/m1/s1. The molecule has 0 saturated carbocycles. The topological polar surface area (TPSA) is 127 Å². The highest BCUT2D eigenvalue weighted by molar-refractivity contribution is 6.38. The summed E-state index contributed by atoms with van der Waals surface area (Å²) in [6.07, 6.45) is -2.98. The first-order chi connectivity index (χ1) is 11.5. The molecule has 1 fully saturated rings. The molecular weight excluding hydrogens is 336 g/mol. The summed E-state index contributed by atoms with van der Waals surface area (Å²) in [5.41, 5.74) is 7.07. The number of benzene rings is 1. The number of hydrogen-bond donors (Lipinski definition) is 4. The fourth-order valence-electron chi connectivity index (χ4n) is 3.24. The van der Waals surface area contributed by atoms with Crippen molar-refractivity contribution in [2.24, 2.45) is 0 Å². The van der Waals surface area contributed by atoms with E-state index in [1.807, 2.05) is 0 Å². The number of fused-ring (bicyclic) bond motifs is 3. The van der Waals surface area contributed by atoms with Crippen molar-refractivity contribution in [1.82, 2.24) is 14.5 Å². The lowest BCUT2D eigenvalue weighted by atomic mass is 10.1. The van der Waals surface area contributed by atoms with Crippen LogP contribution < -0.4 is 5.73 Å². The Hall–Kier alpha value is -1.97. The SMILES string of the molecule is Nc1ncnc2c1c1c(Cl)cccc1n2[C@@H]1O[C@H](CO)[C@@H](O)[C@H]1O. The van der Waals surface area contributed by atoms with Gasteiger partial charge in [0.1, 0.15) is 36.1 Å². The Bertz CT molecular complexity index is 871. The number of aliphatic hydroxyl groups is 3. The molecule has 0 amide bonds. The molecule has 1 aliphatic heterocycles. The van der Waals surface area contributed by atoms with E-state index in [1.165, 1.54) is 6.33 Å². The van der Waals surface area contributed by atoms with E-state index < -0.39 is 31.1 Å². The number of nitrogens with two attached hydrogens (primary N) is 1. The van der Waals surface area contributed by atoms with Crippen molar-refractivity contribution in [1.29, 1.82) is 0 Å². The molecule has 4 rings (SSSR count). The van der Waals surface area contributed by atoms with Gasteiger partial charge < -0.3 is 25.8 Å². The maximum atomic E-state index is 10.4. The largest absolute Gasteiger partial charge is 0.394 e.